The Balaban J connectivity index is 2.38. The van der Waals surface area contributed by atoms with E-state index in [9.17, 15) is 0 Å². The quantitative estimate of drug-likeness (QED) is 0.776. The van der Waals surface area contributed by atoms with E-state index in [4.69, 9.17) is 17.3 Å². The van der Waals surface area contributed by atoms with Crippen LogP contribution >= 0.6 is 11.6 Å². The molecular formula is C14H15ClN2. The molecule has 0 saturated heterocycles. The highest BCUT2D eigenvalue weighted by Gasteiger charge is 2.04. The molecule has 2 aromatic carbocycles. The second-order valence-corrected chi connectivity index (χ2v) is 4.54. The van der Waals surface area contributed by atoms with Crippen LogP contribution in [0.25, 0.3) is 0 Å². The molecule has 0 atom stereocenters. The van der Waals surface area contributed by atoms with E-state index in [1.165, 1.54) is 5.56 Å². The minimum absolute atomic E-state index is 0.706. The first-order valence-corrected chi connectivity index (χ1v) is 5.84. The molecule has 0 heterocycles. The molecule has 2 nitrogen and oxygen atoms in total. The zero-order chi connectivity index (χ0) is 12.4. The molecule has 0 aliphatic carbocycles. The number of aryl methyl sites for hydroxylation is 1. The van der Waals surface area contributed by atoms with E-state index in [0.29, 0.717) is 5.02 Å². The lowest BCUT2D eigenvalue weighted by Crippen LogP contribution is -1.97. The van der Waals surface area contributed by atoms with Crippen molar-refractivity contribution in [3.63, 3.8) is 0 Å². The Bertz CT molecular complexity index is 550. The molecule has 0 bridgehead atoms. The number of benzene rings is 2. The molecule has 0 radical (unpaired) electrons. The van der Waals surface area contributed by atoms with E-state index >= 15 is 0 Å². The number of hydrogen-bond donors (Lipinski definition) is 2. The van der Waals surface area contributed by atoms with Gasteiger partial charge < -0.3 is 11.1 Å². The number of hydrogen-bond acceptors (Lipinski definition) is 2. The third-order valence-electron chi connectivity index (χ3n) is 2.77. The topological polar surface area (TPSA) is 38.0 Å². The van der Waals surface area contributed by atoms with Gasteiger partial charge in [-0.3, -0.25) is 0 Å². The van der Waals surface area contributed by atoms with Gasteiger partial charge in [-0.05, 0) is 49.2 Å². The minimum atomic E-state index is 0.706. The van der Waals surface area contributed by atoms with Crippen molar-refractivity contribution in [3.05, 3.63) is 52.5 Å². The van der Waals surface area contributed by atoms with Gasteiger partial charge >= 0.3 is 0 Å². The van der Waals surface area contributed by atoms with Crippen molar-refractivity contribution in [3.8, 4) is 0 Å². The summed E-state index contributed by atoms with van der Waals surface area (Å²) in [7, 11) is 0. The van der Waals surface area contributed by atoms with Crippen LogP contribution in [0.2, 0.25) is 5.02 Å². The molecule has 88 valence electrons. The standard InChI is InChI=1S/C14H15ClN2/c1-9-6-7-11(15)14(8-9)17-13-5-3-4-12(16)10(13)2/h3-8,17H,16H2,1-2H3. The maximum atomic E-state index is 6.14. The van der Waals surface area contributed by atoms with Crippen LogP contribution in [0.3, 0.4) is 0 Å². The van der Waals surface area contributed by atoms with Crippen molar-refractivity contribution in [2.24, 2.45) is 0 Å². The smallest absolute Gasteiger partial charge is 0.0641 e. The molecule has 3 heteroatoms. The van der Waals surface area contributed by atoms with E-state index < -0.39 is 0 Å². The van der Waals surface area contributed by atoms with Crippen LogP contribution in [0.1, 0.15) is 11.1 Å². The molecule has 2 aromatic rings. The monoisotopic (exact) mass is 246 g/mol. The fourth-order valence-electron chi connectivity index (χ4n) is 1.67. The first kappa shape index (κ1) is 11.8. The number of nitrogens with one attached hydrogen (secondary N) is 1. The van der Waals surface area contributed by atoms with Gasteiger partial charge in [0.25, 0.3) is 0 Å². The van der Waals surface area contributed by atoms with Crippen molar-refractivity contribution >= 4 is 28.7 Å². The van der Waals surface area contributed by atoms with E-state index in [1.54, 1.807) is 0 Å². The lowest BCUT2D eigenvalue weighted by atomic mass is 10.1. The summed E-state index contributed by atoms with van der Waals surface area (Å²) >= 11 is 6.14. The van der Waals surface area contributed by atoms with Crippen molar-refractivity contribution < 1.29 is 0 Å². The second-order valence-electron chi connectivity index (χ2n) is 4.13. The second kappa shape index (κ2) is 4.68. The molecule has 0 unspecified atom stereocenters. The highest BCUT2D eigenvalue weighted by atomic mass is 35.5. The van der Waals surface area contributed by atoms with Crippen LogP contribution in [0.15, 0.2) is 36.4 Å². The average Bonchev–Trinajstić information content (AvgIpc) is 2.30. The molecule has 0 amide bonds. The normalized spacial score (nSPS) is 10.3. The SMILES string of the molecule is Cc1ccc(Cl)c(Nc2cccc(N)c2C)c1. The maximum Gasteiger partial charge on any atom is 0.0641 e. The summed E-state index contributed by atoms with van der Waals surface area (Å²) in [6, 6.07) is 11.7. The Kier molecular flexibility index (Phi) is 3.25. The summed E-state index contributed by atoms with van der Waals surface area (Å²) in [5, 5.41) is 4.02. The van der Waals surface area contributed by atoms with Gasteiger partial charge in [-0.15, -0.1) is 0 Å². The summed E-state index contributed by atoms with van der Waals surface area (Å²) in [5.74, 6) is 0. The van der Waals surface area contributed by atoms with Crippen LogP contribution in [0.5, 0.6) is 0 Å². The predicted molar refractivity (Wildman–Crippen MR) is 75.1 cm³/mol. The van der Waals surface area contributed by atoms with Crippen molar-refractivity contribution in [2.75, 3.05) is 11.1 Å². The van der Waals surface area contributed by atoms with Crippen molar-refractivity contribution in [2.45, 2.75) is 13.8 Å². The third-order valence-corrected chi connectivity index (χ3v) is 3.10. The number of nitrogens with two attached hydrogens (primary N) is 1. The molecule has 0 aliphatic heterocycles. The largest absolute Gasteiger partial charge is 0.398 e. The summed E-state index contributed by atoms with van der Waals surface area (Å²) in [5.41, 5.74) is 10.7. The fourth-order valence-corrected chi connectivity index (χ4v) is 1.83. The lowest BCUT2D eigenvalue weighted by Gasteiger charge is -2.13. The highest BCUT2D eigenvalue weighted by Crippen LogP contribution is 2.29. The number of anilines is 3. The van der Waals surface area contributed by atoms with E-state index in [-0.39, 0.29) is 0 Å². The highest BCUT2D eigenvalue weighted by molar-refractivity contribution is 6.33. The lowest BCUT2D eigenvalue weighted by molar-refractivity contribution is 1.41. The molecule has 3 N–H and O–H groups in total. The molecule has 17 heavy (non-hydrogen) atoms. The van der Waals surface area contributed by atoms with Gasteiger partial charge in [-0.1, -0.05) is 23.7 Å². The Morgan fingerprint density at radius 2 is 1.82 bits per heavy atom. The van der Waals surface area contributed by atoms with Gasteiger partial charge in [-0.25, -0.2) is 0 Å². The van der Waals surface area contributed by atoms with Gasteiger partial charge in [0.15, 0.2) is 0 Å². The summed E-state index contributed by atoms with van der Waals surface area (Å²) in [6.45, 7) is 4.02. The molecule has 0 spiro atoms. The molecule has 2 rings (SSSR count). The summed E-state index contributed by atoms with van der Waals surface area (Å²) in [4.78, 5) is 0. The van der Waals surface area contributed by atoms with Crippen LogP contribution in [0, 0.1) is 13.8 Å². The molecule has 0 aliphatic rings. The molecule has 0 fully saturated rings. The Labute approximate surface area is 106 Å². The number of rotatable bonds is 2. The number of halogens is 1. The Hall–Kier alpha value is -1.67. The molecular weight excluding hydrogens is 232 g/mol. The van der Waals surface area contributed by atoms with Gasteiger partial charge in [-0.2, -0.15) is 0 Å². The van der Waals surface area contributed by atoms with Gasteiger partial charge in [0.05, 0.1) is 10.7 Å². The maximum absolute atomic E-state index is 6.14. The van der Waals surface area contributed by atoms with Crippen LogP contribution < -0.4 is 11.1 Å². The Morgan fingerprint density at radius 1 is 1.06 bits per heavy atom. The summed E-state index contributed by atoms with van der Waals surface area (Å²) < 4.78 is 0. The average molecular weight is 247 g/mol. The first-order chi connectivity index (χ1) is 8.08. The predicted octanol–water partition coefficient (Wildman–Crippen LogP) is 4.28. The third kappa shape index (κ3) is 2.53. The zero-order valence-corrected chi connectivity index (χ0v) is 10.7. The van der Waals surface area contributed by atoms with Crippen LogP contribution in [-0.4, -0.2) is 0 Å². The van der Waals surface area contributed by atoms with Crippen LogP contribution in [-0.2, 0) is 0 Å². The van der Waals surface area contributed by atoms with E-state index in [2.05, 4.69) is 5.32 Å². The molecule has 0 saturated carbocycles. The minimum Gasteiger partial charge on any atom is -0.398 e. The first-order valence-electron chi connectivity index (χ1n) is 5.46. The molecule has 0 aromatic heterocycles. The number of nitrogen functional groups attached to an aromatic ring is 1. The van der Waals surface area contributed by atoms with Crippen LogP contribution in [0.4, 0.5) is 17.1 Å². The van der Waals surface area contributed by atoms with Gasteiger partial charge in [0.1, 0.15) is 0 Å². The van der Waals surface area contributed by atoms with Crippen molar-refractivity contribution in [1.82, 2.24) is 0 Å². The summed E-state index contributed by atoms with van der Waals surface area (Å²) in [6.07, 6.45) is 0. The Morgan fingerprint density at radius 3 is 2.59 bits per heavy atom. The van der Waals surface area contributed by atoms with E-state index in [1.807, 2.05) is 50.2 Å². The van der Waals surface area contributed by atoms with Crippen molar-refractivity contribution in [1.29, 1.82) is 0 Å². The van der Waals surface area contributed by atoms with E-state index in [0.717, 1.165) is 22.6 Å². The van der Waals surface area contributed by atoms with Gasteiger partial charge in [0, 0.05) is 11.4 Å². The van der Waals surface area contributed by atoms with Gasteiger partial charge in [0.2, 0.25) is 0 Å². The zero-order valence-electron chi connectivity index (χ0n) is 9.92. The fraction of sp³-hybridized carbons (Fsp3) is 0.143.